The molecule has 6 nitrogen and oxygen atoms in total. The van der Waals surface area contributed by atoms with Crippen molar-refractivity contribution in [2.45, 2.75) is 39.0 Å². The van der Waals surface area contributed by atoms with Crippen LogP contribution >= 0.6 is 0 Å². The standard InChI is InChI=1S/C17H20N2O4/c1-10-14(13-5-3-4-6-16(13)23-10)8-18-17(22)15-7-12(21)9-19(15)11(2)20/h3-6,12,15,21H,7-9H2,1-2H3,(H,18,22)/t12-,15+/m0/s1. The Kier molecular flexibility index (Phi) is 4.09. The average molecular weight is 316 g/mol. The number of β-amino-alcohol motifs (C(OH)–C–C–N with tert-alkyl or cyclic N) is 1. The predicted molar refractivity (Wildman–Crippen MR) is 84.6 cm³/mol. The number of nitrogens with one attached hydrogen (secondary N) is 1. The lowest BCUT2D eigenvalue weighted by atomic mass is 10.1. The highest BCUT2D eigenvalue weighted by molar-refractivity contribution is 5.88. The smallest absolute Gasteiger partial charge is 0.243 e. The maximum Gasteiger partial charge on any atom is 0.243 e. The number of aliphatic hydroxyl groups is 1. The number of fused-ring (bicyclic) bond motifs is 1. The van der Waals surface area contributed by atoms with E-state index in [-0.39, 0.29) is 24.8 Å². The van der Waals surface area contributed by atoms with E-state index in [9.17, 15) is 14.7 Å². The van der Waals surface area contributed by atoms with Crippen molar-refractivity contribution in [2.24, 2.45) is 0 Å². The number of aryl methyl sites for hydroxylation is 1. The van der Waals surface area contributed by atoms with Gasteiger partial charge < -0.3 is 19.7 Å². The average Bonchev–Trinajstić information content (AvgIpc) is 3.05. The molecule has 122 valence electrons. The molecule has 0 unspecified atom stereocenters. The zero-order chi connectivity index (χ0) is 16.6. The Balaban J connectivity index is 1.73. The van der Waals surface area contributed by atoms with Crippen LogP contribution in [0.1, 0.15) is 24.7 Å². The maximum atomic E-state index is 12.4. The second-order valence-corrected chi connectivity index (χ2v) is 5.93. The molecule has 1 aliphatic heterocycles. The summed E-state index contributed by atoms with van der Waals surface area (Å²) in [4.78, 5) is 25.4. The molecule has 2 aromatic rings. The van der Waals surface area contributed by atoms with Gasteiger partial charge in [0.1, 0.15) is 17.4 Å². The predicted octanol–water partition coefficient (Wildman–Crippen LogP) is 1.34. The molecule has 0 spiro atoms. The van der Waals surface area contributed by atoms with Gasteiger partial charge in [-0.15, -0.1) is 0 Å². The van der Waals surface area contributed by atoms with Gasteiger partial charge in [0.05, 0.1) is 6.10 Å². The van der Waals surface area contributed by atoms with Crippen LogP contribution in [-0.2, 0) is 16.1 Å². The first kappa shape index (κ1) is 15.6. The molecular weight excluding hydrogens is 296 g/mol. The molecule has 1 aliphatic rings. The number of para-hydroxylation sites is 1. The highest BCUT2D eigenvalue weighted by Gasteiger charge is 2.37. The van der Waals surface area contributed by atoms with Crippen LogP contribution in [0, 0.1) is 6.92 Å². The van der Waals surface area contributed by atoms with Gasteiger partial charge in [-0.1, -0.05) is 18.2 Å². The van der Waals surface area contributed by atoms with E-state index in [0.29, 0.717) is 6.54 Å². The van der Waals surface area contributed by atoms with Crippen LogP contribution in [-0.4, -0.2) is 40.5 Å². The fraction of sp³-hybridized carbons (Fsp3) is 0.412. The van der Waals surface area contributed by atoms with Crippen molar-refractivity contribution in [3.8, 4) is 0 Å². The summed E-state index contributed by atoms with van der Waals surface area (Å²) in [6.45, 7) is 3.82. The maximum absolute atomic E-state index is 12.4. The lowest BCUT2D eigenvalue weighted by Crippen LogP contribution is -2.44. The first-order valence-electron chi connectivity index (χ1n) is 7.67. The lowest BCUT2D eigenvalue weighted by Gasteiger charge is -2.22. The molecule has 6 heteroatoms. The van der Waals surface area contributed by atoms with E-state index in [1.54, 1.807) is 0 Å². The molecule has 23 heavy (non-hydrogen) atoms. The number of carbonyl (C=O) groups is 2. The number of hydrogen-bond donors (Lipinski definition) is 2. The largest absolute Gasteiger partial charge is 0.461 e. The van der Waals surface area contributed by atoms with Crippen molar-refractivity contribution in [3.63, 3.8) is 0 Å². The van der Waals surface area contributed by atoms with Crippen LogP contribution < -0.4 is 5.32 Å². The zero-order valence-corrected chi connectivity index (χ0v) is 13.2. The van der Waals surface area contributed by atoms with Crippen LogP contribution in [0.3, 0.4) is 0 Å². The van der Waals surface area contributed by atoms with Gasteiger partial charge in [-0.05, 0) is 13.0 Å². The quantitative estimate of drug-likeness (QED) is 0.895. The number of benzene rings is 1. The second kappa shape index (κ2) is 6.04. The Morgan fingerprint density at radius 1 is 1.39 bits per heavy atom. The van der Waals surface area contributed by atoms with E-state index >= 15 is 0 Å². The zero-order valence-electron chi connectivity index (χ0n) is 13.2. The van der Waals surface area contributed by atoms with Crippen molar-refractivity contribution < 1.29 is 19.1 Å². The summed E-state index contributed by atoms with van der Waals surface area (Å²) in [6, 6.07) is 7.06. The van der Waals surface area contributed by atoms with Crippen LogP contribution in [0.4, 0.5) is 0 Å². The normalized spacial score (nSPS) is 20.9. The summed E-state index contributed by atoms with van der Waals surface area (Å²) in [5, 5.41) is 13.6. The van der Waals surface area contributed by atoms with E-state index in [1.165, 1.54) is 11.8 Å². The second-order valence-electron chi connectivity index (χ2n) is 5.93. The molecule has 2 atom stereocenters. The van der Waals surface area contributed by atoms with Crippen LogP contribution in [0.15, 0.2) is 28.7 Å². The summed E-state index contributed by atoms with van der Waals surface area (Å²) in [6.07, 6.45) is -0.373. The lowest BCUT2D eigenvalue weighted by molar-refractivity contribution is -0.137. The molecule has 2 heterocycles. The Morgan fingerprint density at radius 2 is 2.13 bits per heavy atom. The number of rotatable bonds is 3. The number of carbonyl (C=O) groups excluding carboxylic acids is 2. The minimum Gasteiger partial charge on any atom is -0.461 e. The molecule has 0 bridgehead atoms. The number of hydrogen-bond acceptors (Lipinski definition) is 4. The first-order valence-corrected chi connectivity index (χ1v) is 7.67. The molecular formula is C17H20N2O4. The van der Waals surface area contributed by atoms with Crippen LogP contribution in [0.2, 0.25) is 0 Å². The molecule has 1 saturated heterocycles. The molecule has 3 rings (SSSR count). The fourth-order valence-electron chi connectivity index (χ4n) is 3.14. The molecule has 0 saturated carbocycles. The van der Waals surface area contributed by atoms with Gasteiger partial charge in [-0.3, -0.25) is 9.59 Å². The van der Waals surface area contributed by atoms with Gasteiger partial charge >= 0.3 is 0 Å². The van der Waals surface area contributed by atoms with Crippen molar-refractivity contribution >= 4 is 22.8 Å². The third-order valence-electron chi connectivity index (χ3n) is 4.33. The monoisotopic (exact) mass is 316 g/mol. The number of nitrogens with zero attached hydrogens (tertiary/aromatic N) is 1. The SMILES string of the molecule is CC(=O)N1C[C@@H](O)C[C@@H]1C(=O)NCc1c(C)oc2ccccc12. The van der Waals surface area contributed by atoms with Crippen molar-refractivity contribution in [1.82, 2.24) is 10.2 Å². The minimum absolute atomic E-state index is 0.202. The number of likely N-dealkylation sites (tertiary alicyclic amines) is 1. The van der Waals surface area contributed by atoms with Crippen LogP contribution in [0.25, 0.3) is 11.0 Å². The summed E-state index contributed by atoms with van der Waals surface area (Å²) >= 11 is 0. The number of amides is 2. The van der Waals surface area contributed by atoms with Gasteiger partial charge in [-0.2, -0.15) is 0 Å². The molecule has 2 amide bonds. The topological polar surface area (TPSA) is 82.8 Å². The van der Waals surface area contributed by atoms with Gasteiger partial charge in [0.25, 0.3) is 0 Å². The van der Waals surface area contributed by atoms with Gasteiger partial charge in [0.2, 0.25) is 11.8 Å². The molecule has 0 radical (unpaired) electrons. The van der Waals surface area contributed by atoms with Crippen LogP contribution in [0.5, 0.6) is 0 Å². The van der Waals surface area contributed by atoms with Gasteiger partial charge in [-0.25, -0.2) is 0 Å². The first-order chi connectivity index (χ1) is 11.0. The van der Waals surface area contributed by atoms with Gasteiger partial charge in [0, 0.05) is 37.4 Å². The third kappa shape index (κ3) is 2.94. The Bertz CT molecular complexity index is 752. The summed E-state index contributed by atoms with van der Waals surface area (Å²) < 4.78 is 5.68. The Hall–Kier alpha value is -2.34. The minimum atomic E-state index is -0.647. The Morgan fingerprint density at radius 3 is 2.87 bits per heavy atom. The highest BCUT2D eigenvalue weighted by atomic mass is 16.3. The van der Waals surface area contributed by atoms with E-state index < -0.39 is 12.1 Å². The fourth-order valence-corrected chi connectivity index (χ4v) is 3.14. The van der Waals surface area contributed by atoms with Crippen molar-refractivity contribution in [3.05, 3.63) is 35.6 Å². The summed E-state index contributed by atoms with van der Waals surface area (Å²) in [5.41, 5.74) is 1.72. The van der Waals surface area contributed by atoms with Crippen molar-refractivity contribution in [2.75, 3.05) is 6.54 Å². The molecule has 2 N–H and O–H groups in total. The van der Waals surface area contributed by atoms with Crippen molar-refractivity contribution in [1.29, 1.82) is 0 Å². The summed E-state index contributed by atoms with van der Waals surface area (Å²) in [7, 11) is 0. The molecule has 1 fully saturated rings. The Labute approximate surface area is 134 Å². The van der Waals surface area contributed by atoms with Gasteiger partial charge in [0.15, 0.2) is 0 Å². The molecule has 1 aromatic carbocycles. The molecule has 0 aliphatic carbocycles. The number of aliphatic hydroxyl groups excluding tert-OH is 1. The highest BCUT2D eigenvalue weighted by Crippen LogP contribution is 2.25. The number of furan rings is 1. The third-order valence-corrected chi connectivity index (χ3v) is 4.33. The summed E-state index contributed by atoms with van der Waals surface area (Å²) in [5.74, 6) is 0.314. The van der Waals surface area contributed by atoms with E-state index in [4.69, 9.17) is 4.42 Å². The van der Waals surface area contributed by atoms with E-state index in [1.807, 2.05) is 31.2 Å². The molecule has 1 aromatic heterocycles. The van der Waals surface area contributed by atoms with E-state index in [2.05, 4.69) is 5.32 Å². The van der Waals surface area contributed by atoms with E-state index in [0.717, 1.165) is 22.3 Å².